The number of hydrogen-bond acceptors (Lipinski definition) is 6. The van der Waals surface area contributed by atoms with Gasteiger partial charge in [0, 0.05) is 37.2 Å². The molecule has 0 unspecified atom stereocenters. The van der Waals surface area contributed by atoms with E-state index in [9.17, 15) is 27.9 Å². The lowest BCUT2D eigenvalue weighted by molar-refractivity contribution is -0.139. The minimum atomic E-state index is -3.66. The first kappa shape index (κ1) is 29.4. The van der Waals surface area contributed by atoms with Crippen LogP contribution in [0.1, 0.15) is 32.8 Å². The molecule has 2 aromatic carbocycles. The van der Waals surface area contributed by atoms with Crippen molar-refractivity contribution in [2.75, 3.05) is 12.8 Å². The summed E-state index contributed by atoms with van der Waals surface area (Å²) in [6.07, 6.45) is 7.07. The molecule has 4 aromatic rings. The largest absolute Gasteiger partial charge is 0.480 e. The van der Waals surface area contributed by atoms with Crippen molar-refractivity contribution in [2.24, 2.45) is 0 Å². The lowest BCUT2D eigenvalue weighted by Crippen LogP contribution is -2.42. The van der Waals surface area contributed by atoms with Crippen molar-refractivity contribution in [3.8, 4) is 0 Å². The van der Waals surface area contributed by atoms with Crippen molar-refractivity contribution >= 4 is 68.0 Å². The molecule has 0 saturated carbocycles. The number of para-hydroxylation sites is 1. The van der Waals surface area contributed by atoms with Crippen LogP contribution in [-0.4, -0.2) is 59.0 Å². The van der Waals surface area contributed by atoms with Crippen LogP contribution < -0.4 is 5.32 Å². The van der Waals surface area contributed by atoms with E-state index in [-0.39, 0.29) is 34.5 Å². The van der Waals surface area contributed by atoms with Crippen molar-refractivity contribution in [1.29, 1.82) is 0 Å². The summed E-state index contributed by atoms with van der Waals surface area (Å²) in [5.41, 5.74) is 2.08. The van der Waals surface area contributed by atoms with Crippen LogP contribution in [0.4, 0.5) is 0 Å². The molecule has 1 aliphatic rings. The average molecular weight is 631 g/mol. The minimum Gasteiger partial charge on any atom is -0.480 e. The van der Waals surface area contributed by atoms with Crippen LogP contribution in [0, 0.1) is 0 Å². The number of carbonyl (C=O) groups is 3. The Bertz CT molecular complexity index is 1850. The van der Waals surface area contributed by atoms with Gasteiger partial charge < -0.3 is 19.7 Å². The zero-order chi connectivity index (χ0) is 30.2. The molecule has 10 nitrogen and oxygen atoms in total. The van der Waals surface area contributed by atoms with E-state index < -0.39 is 27.9 Å². The van der Waals surface area contributed by atoms with Crippen molar-refractivity contribution in [3.63, 3.8) is 0 Å². The third kappa shape index (κ3) is 5.94. The number of rotatable bonds is 8. The van der Waals surface area contributed by atoms with Gasteiger partial charge in [0.05, 0.1) is 33.6 Å². The van der Waals surface area contributed by atoms with Gasteiger partial charge in [-0.15, -0.1) is 0 Å². The van der Waals surface area contributed by atoms with Crippen LogP contribution in [-0.2, 0) is 39.0 Å². The molecule has 1 atom stereocenters. The second-order valence-electron chi connectivity index (χ2n) is 9.84. The van der Waals surface area contributed by atoms with Crippen LogP contribution >= 0.6 is 23.2 Å². The number of amides is 2. The molecule has 0 spiro atoms. The quantitative estimate of drug-likeness (QED) is 0.276. The molecule has 5 rings (SSSR count). The third-order valence-electron chi connectivity index (χ3n) is 7.02. The van der Waals surface area contributed by atoms with Gasteiger partial charge in [0.25, 0.3) is 5.91 Å². The summed E-state index contributed by atoms with van der Waals surface area (Å²) in [6.45, 7) is 0.568. The molecule has 0 fully saturated rings. The van der Waals surface area contributed by atoms with E-state index in [0.717, 1.165) is 10.2 Å². The maximum absolute atomic E-state index is 13.3. The first-order valence-electron chi connectivity index (χ1n) is 12.8. The van der Waals surface area contributed by atoms with Crippen molar-refractivity contribution in [2.45, 2.75) is 25.4 Å². The number of carbonyl (C=O) groups excluding carboxylic acids is 2. The van der Waals surface area contributed by atoms with E-state index in [1.807, 2.05) is 0 Å². The lowest BCUT2D eigenvalue weighted by Gasteiger charge is -2.29. The number of carboxylic acids is 1. The molecule has 13 heteroatoms. The fraction of sp³-hybridized carbons (Fsp3) is 0.207. The van der Waals surface area contributed by atoms with E-state index in [2.05, 4.69) is 5.32 Å². The topological polar surface area (TPSA) is 139 Å². The number of nitrogens with one attached hydrogen (secondary N) is 1. The van der Waals surface area contributed by atoms with Gasteiger partial charge >= 0.3 is 5.97 Å². The summed E-state index contributed by atoms with van der Waals surface area (Å²) in [7, 11) is -3.66. The number of aromatic nitrogens is 1. The number of hydrogen-bond donors (Lipinski definition) is 2. The van der Waals surface area contributed by atoms with E-state index in [0.29, 0.717) is 46.3 Å². The number of nitrogens with zero attached hydrogens (tertiary/aromatic N) is 2. The second-order valence-corrected chi connectivity index (χ2v) is 12.5. The number of aliphatic carboxylic acids is 1. The van der Waals surface area contributed by atoms with Gasteiger partial charge in [-0.05, 0) is 53.5 Å². The van der Waals surface area contributed by atoms with Crippen LogP contribution in [0.25, 0.3) is 17.0 Å². The molecule has 2 amide bonds. The average Bonchev–Trinajstić information content (AvgIpc) is 3.59. The third-order valence-corrected chi connectivity index (χ3v) is 8.75. The Morgan fingerprint density at radius 3 is 2.62 bits per heavy atom. The molecule has 0 saturated heterocycles. The van der Waals surface area contributed by atoms with Gasteiger partial charge in [-0.25, -0.2) is 17.2 Å². The SMILES string of the molecule is CS(=O)(=O)n1cc(C[C@H](NC(=O)c2c(Cl)cc3c(c2Cl)CCN(C(=O)C=Cc2ccco2)C3)C(=O)O)c2ccccc21. The van der Waals surface area contributed by atoms with Crippen LogP contribution in [0.2, 0.25) is 10.0 Å². The van der Waals surface area contributed by atoms with Crippen LogP contribution in [0.15, 0.2) is 65.4 Å². The Labute approximate surface area is 251 Å². The van der Waals surface area contributed by atoms with Gasteiger partial charge in [0.15, 0.2) is 0 Å². The number of furan rings is 1. The Morgan fingerprint density at radius 2 is 1.93 bits per heavy atom. The standard InChI is InChI=1S/C29H25Cl2N3O7S/c1-42(39,40)34-16-18(20-6-2-3-7-24(20)34)14-23(29(37)38)32-28(36)26-22(30)13-17-15-33(11-10-21(17)27(26)31)25(35)9-8-19-5-4-12-41-19/h2-9,12-13,16,23H,10-11,14-15H2,1H3,(H,32,36)(H,37,38)/t23-/m0/s1. The molecule has 0 aliphatic carbocycles. The first-order chi connectivity index (χ1) is 19.9. The fourth-order valence-corrected chi connectivity index (χ4v) is 6.60. The van der Waals surface area contributed by atoms with Gasteiger partial charge in [-0.3, -0.25) is 9.59 Å². The Morgan fingerprint density at radius 1 is 1.17 bits per heavy atom. The fourth-order valence-electron chi connectivity index (χ4n) is 5.00. The smallest absolute Gasteiger partial charge is 0.326 e. The molecular weight excluding hydrogens is 605 g/mol. The van der Waals surface area contributed by atoms with Gasteiger partial charge in [0.1, 0.15) is 11.8 Å². The van der Waals surface area contributed by atoms with E-state index in [1.54, 1.807) is 53.4 Å². The van der Waals surface area contributed by atoms with Gasteiger partial charge in [-0.2, -0.15) is 0 Å². The normalized spacial score (nSPS) is 14.2. The maximum atomic E-state index is 13.3. The number of benzene rings is 2. The molecule has 3 heterocycles. The van der Waals surface area contributed by atoms with E-state index in [1.165, 1.54) is 18.5 Å². The summed E-state index contributed by atoms with van der Waals surface area (Å²) in [5.74, 6) is -1.79. The van der Waals surface area contributed by atoms with Crippen LogP contribution in [0.5, 0.6) is 0 Å². The van der Waals surface area contributed by atoms with Crippen molar-refractivity contribution < 1.29 is 32.3 Å². The summed E-state index contributed by atoms with van der Waals surface area (Å²) in [6, 6.07) is 10.3. The molecule has 42 heavy (non-hydrogen) atoms. The van der Waals surface area contributed by atoms with Crippen molar-refractivity contribution in [3.05, 3.63) is 99.1 Å². The molecule has 0 bridgehead atoms. The second kappa shape index (κ2) is 11.7. The molecule has 218 valence electrons. The monoisotopic (exact) mass is 629 g/mol. The van der Waals surface area contributed by atoms with E-state index in [4.69, 9.17) is 27.6 Å². The minimum absolute atomic E-state index is 0.00879. The highest BCUT2D eigenvalue weighted by Gasteiger charge is 2.30. The Balaban J connectivity index is 1.36. The predicted molar refractivity (Wildman–Crippen MR) is 158 cm³/mol. The Hall–Kier alpha value is -4.06. The number of carboxylic acid groups (broad SMARTS) is 1. The zero-order valence-corrected chi connectivity index (χ0v) is 24.5. The van der Waals surface area contributed by atoms with E-state index >= 15 is 0 Å². The van der Waals surface area contributed by atoms with Gasteiger partial charge in [0.2, 0.25) is 15.9 Å². The first-order valence-corrected chi connectivity index (χ1v) is 15.4. The molecule has 0 radical (unpaired) electrons. The highest BCUT2D eigenvalue weighted by atomic mass is 35.5. The Kier molecular flexibility index (Phi) is 8.18. The molecule has 1 aliphatic heterocycles. The number of halogens is 2. The predicted octanol–water partition coefficient (Wildman–Crippen LogP) is 4.37. The molecule has 2 aromatic heterocycles. The highest BCUT2D eigenvalue weighted by molar-refractivity contribution is 7.89. The summed E-state index contributed by atoms with van der Waals surface area (Å²) < 4.78 is 30.9. The summed E-state index contributed by atoms with van der Waals surface area (Å²) in [5, 5.41) is 13.1. The molecular formula is C29H25Cl2N3O7S. The summed E-state index contributed by atoms with van der Waals surface area (Å²) >= 11 is 13.1. The zero-order valence-electron chi connectivity index (χ0n) is 22.2. The van der Waals surface area contributed by atoms with Gasteiger partial charge in [-0.1, -0.05) is 41.4 Å². The number of fused-ring (bicyclic) bond motifs is 2. The highest BCUT2D eigenvalue weighted by Crippen LogP contribution is 2.35. The summed E-state index contributed by atoms with van der Waals surface area (Å²) in [4.78, 5) is 39.8. The van der Waals surface area contributed by atoms with Crippen molar-refractivity contribution in [1.82, 2.24) is 14.2 Å². The van der Waals surface area contributed by atoms with Crippen LogP contribution in [0.3, 0.4) is 0 Å². The maximum Gasteiger partial charge on any atom is 0.326 e. The molecule has 2 N–H and O–H groups in total. The lowest BCUT2D eigenvalue weighted by atomic mass is 9.96.